The molecule has 0 heterocycles. The molecule has 6 nitrogen and oxygen atoms in total. The van der Waals surface area contributed by atoms with E-state index in [0.29, 0.717) is 18.5 Å². The van der Waals surface area contributed by atoms with Gasteiger partial charge in [0, 0.05) is 17.3 Å². The lowest BCUT2D eigenvalue weighted by Gasteiger charge is -2.22. The number of halogens is 3. The summed E-state index contributed by atoms with van der Waals surface area (Å²) in [6.07, 6.45) is -3.06. The Balaban J connectivity index is 1.55. The van der Waals surface area contributed by atoms with Gasteiger partial charge in [0.2, 0.25) is 11.8 Å². The summed E-state index contributed by atoms with van der Waals surface area (Å²) in [4.78, 5) is 38.4. The maximum Gasteiger partial charge on any atom is 0.416 e. The zero-order chi connectivity index (χ0) is 22.6. The molecule has 3 amide bonds. The maximum absolute atomic E-state index is 12.7. The lowest BCUT2D eigenvalue weighted by Crippen LogP contribution is -2.43. The quantitative estimate of drug-likeness (QED) is 0.703. The van der Waals surface area contributed by atoms with Crippen LogP contribution in [0.4, 0.5) is 18.9 Å². The minimum Gasteiger partial charge on any atom is -0.345 e. The van der Waals surface area contributed by atoms with Crippen LogP contribution < -0.4 is 10.6 Å². The molecule has 0 radical (unpaired) electrons. The predicted molar refractivity (Wildman–Crippen MR) is 108 cm³/mol. The standard InChI is InChI=1S/C22H22F3N3O3/c1-14-3-2-4-17(11-14)27-19(29)12-26-20(30)13-28(18-9-10-18)21(31)15-5-7-16(8-6-15)22(23,24)25/h2-8,11,18H,9-10,12-13H2,1H3,(H,26,30)(H,27,29). The van der Waals surface area contributed by atoms with Gasteiger partial charge in [-0.25, -0.2) is 0 Å². The first-order chi connectivity index (χ1) is 14.6. The van der Waals surface area contributed by atoms with E-state index in [4.69, 9.17) is 0 Å². The van der Waals surface area contributed by atoms with Crippen LogP contribution in [-0.4, -0.2) is 41.8 Å². The largest absolute Gasteiger partial charge is 0.416 e. The van der Waals surface area contributed by atoms with E-state index >= 15 is 0 Å². The number of anilines is 1. The summed E-state index contributed by atoms with van der Waals surface area (Å²) in [7, 11) is 0. The van der Waals surface area contributed by atoms with Gasteiger partial charge in [0.1, 0.15) is 6.54 Å². The third-order valence-electron chi connectivity index (χ3n) is 4.77. The zero-order valence-electron chi connectivity index (χ0n) is 16.8. The normalized spacial score (nSPS) is 13.4. The van der Waals surface area contributed by atoms with Gasteiger partial charge in [0.05, 0.1) is 12.1 Å². The van der Waals surface area contributed by atoms with Crippen LogP contribution in [0, 0.1) is 6.92 Å². The first kappa shape index (κ1) is 22.3. The number of benzene rings is 2. The Labute approximate surface area is 177 Å². The third kappa shape index (κ3) is 6.31. The third-order valence-corrected chi connectivity index (χ3v) is 4.77. The molecule has 0 aliphatic heterocycles. The molecule has 31 heavy (non-hydrogen) atoms. The Kier molecular flexibility index (Phi) is 6.62. The van der Waals surface area contributed by atoms with Crippen LogP contribution in [0.1, 0.15) is 34.3 Å². The van der Waals surface area contributed by atoms with E-state index in [2.05, 4.69) is 10.6 Å². The van der Waals surface area contributed by atoms with Gasteiger partial charge in [0.15, 0.2) is 0 Å². The van der Waals surface area contributed by atoms with Gasteiger partial charge in [-0.2, -0.15) is 13.2 Å². The van der Waals surface area contributed by atoms with Crippen molar-refractivity contribution in [3.8, 4) is 0 Å². The fraction of sp³-hybridized carbons (Fsp3) is 0.318. The van der Waals surface area contributed by atoms with Crippen LogP contribution >= 0.6 is 0 Å². The van der Waals surface area contributed by atoms with Gasteiger partial charge in [-0.15, -0.1) is 0 Å². The number of alkyl halides is 3. The van der Waals surface area contributed by atoms with Crippen LogP contribution in [0.25, 0.3) is 0 Å². The molecular formula is C22H22F3N3O3. The number of nitrogens with one attached hydrogen (secondary N) is 2. The Morgan fingerprint density at radius 2 is 1.71 bits per heavy atom. The summed E-state index contributed by atoms with van der Waals surface area (Å²) in [5.74, 6) is -1.45. The Hall–Kier alpha value is -3.36. The highest BCUT2D eigenvalue weighted by molar-refractivity contribution is 5.98. The summed E-state index contributed by atoms with van der Waals surface area (Å²) in [6, 6.07) is 11.0. The second-order valence-electron chi connectivity index (χ2n) is 7.43. The van der Waals surface area contributed by atoms with Gasteiger partial charge >= 0.3 is 6.18 Å². The summed E-state index contributed by atoms with van der Waals surface area (Å²) >= 11 is 0. The number of carbonyl (C=O) groups is 3. The molecule has 0 saturated heterocycles. The van der Waals surface area contributed by atoms with Crippen LogP contribution in [0.3, 0.4) is 0 Å². The fourth-order valence-corrected chi connectivity index (χ4v) is 3.04. The van der Waals surface area contributed by atoms with E-state index in [1.54, 1.807) is 18.2 Å². The van der Waals surface area contributed by atoms with E-state index in [0.717, 1.165) is 29.8 Å². The van der Waals surface area contributed by atoms with Crippen molar-refractivity contribution in [2.24, 2.45) is 0 Å². The molecule has 164 valence electrons. The van der Waals surface area contributed by atoms with Crippen molar-refractivity contribution in [2.75, 3.05) is 18.4 Å². The molecule has 0 bridgehead atoms. The predicted octanol–water partition coefficient (Wildman–Crippen LogP) is 3.37. The molecular weight excluding hydrogens is 411 g/mol. The average molecular weight is 433 g/mol. The average Bonchev–Trinajstić information content (AvgIpc) is 3.55. The molecule has 1 saturated carbocycles. The molecule has 1 aliphatic rings. The van der Waals surface area contributed by atoms with Gasteiger partial charge in [-0.05, 0) is 61.7 Å². The summed E-state index contributed by atoms with van der Waals surface area (Å²) in [6.45, 7) is 1.35. The Morgan fingerprint density at radius 1 is 1.03 bits per heavy atom. The number of nitrogens with zero attached hydrogens (tertiary/aromatic N) is 1. The number of carbonyl (C=O) groups excluding carboxylic acids is 3. The lowest BCUT2D eigenvalue weighted by molar-refractivity contribution is -0.137. The number of hydrogen-bond donors (Lipinski definition) is 2. The van der Waals surface area contributed by atoms with Crippen molar-refractivity contribution in [3.05, 3.63) is 65.2 Å². The Bertz CT molecular complexity index is 970. The molecule has 1 fully saturated rings. The summed E-state index contributed by atoms with van der Waals surface area (Å²) < 4.78 is 38.1. The Morgan fingerprint density at radius 3 is 2.29 bits per heavy atom. The van der Waals surface area contributed by atoms with Gasteiger partial charge in [-0.1, -0.05) is 12.1 Å². The fourth-order valence-electron chi connectivity index (χ4n) is 3.04. The minimum atomic E-state index is -4.49. The number of rotatable bonds is 7. The second kappa shape index (κ2) is 9.20. The maximum atomic E-state index is 12.7. The second-order valence-corrected chi connectivity index (χ2v) is 7.43. The van der Waals surface area contributed by atoms with Crippen molar-refractivity contribution in [2.45, 2.75) is 32.0 Å². The van der Waals surface area contributed by atoms with Crippen molar-refractivity contribution < 1.29 is 27.6 Å². The van der Waals surface area contributed by atoms with Crippen LogP contribution in [0.2, 0.25) is 0 Å². The van der Waals surface area contributed by atoms with Crippen molar-refractivity contribution >= 4 is 23.4 Å². The molecule has 1 aliphatic carbocycles. The molecule has 2 N–H and O–H groups in total. The highest BCUT2D eigenvalue weighted by Crippen LogP contribution is 2.31. The molecule has 3 rings (SSSR count). The molecule has 9 heteroatoms. The van der Waals surface area contributed by atoms with Gasteiger partial charge in [-0.3, -0.25) is 14.4 Å². The van der Waals surface area contributed by atoms with E-state index in [1.807, 2.05) is 13.0 Å². The molecule has 0 aromatic heterocycles. The number of aryl methyl sites for hydroxylation is 1. The SMILES string of the molecule is Cc1cccc(NC(=O)CNC(=O)CN(C(=O)c2ccc(C(F)(F)F)cc2)C2CC2)c1. The number of hydrogen-bond acceptors (Lipinski definition) is 3. The lowest BCUT2D eigenvalue weighted by atomic mass is 10.1. The smallest absolute Gasteiger partial charge is 0.345 e. The van der Waals surface area contributed by atoms with Crippen LogP contribution in [0.15, 0.2) is 48.5 Å². The minimum absolute atomic E-state index is 0.0740. The summed E-state index contributed by atoms with van der Waals surface area (Å²) in [5.41, 5.74) is 0.810. The highest BCUT2D eigenvalue weighted by atomic mass is 19.4. The van der Waals surface area contributed by atoms with Crippen molar-refractivity contribution in [3.63, 3.8) is 0 Å². The monoisotopic (exact) mass is 433 g/mol. The van der Waals surface area contributed by atoms with Crippen molar-refractivity contribution in [1.82, 2.24) is 10.2 Å². The van der Waals surface area contributed by atoms with Gasteiger partial charge < -0.3 is 15.5 Å². The molecule has 0 atom stereocenters. The molecule has 2 aromatic rings. The van der Waals surface area contributed by atoms with E-state index in [9.17, 15) is 27.6 Å². The molecule has 0 spiro atoms. The van der Waals surface area contributed by atoms with E-state index in [1.165, 1.54) is 4.90 Å². The molecule has 2 aromatic carbocycles. The van der Waals surface area contributed by atoms with E-state index in [-0.39, 0.29) is 24.7 Å². The highest BCUT2D eigenvalue weighted by Gasteiger charge is 2.35. The van der Waals surface area contributed by atoms with Crippen LogP contribution in [-0.2, 0) is 15.8 Å². The van der Waals surface area contributed by atoms with Crippen molar-refractivity contribution in [1.29, 1.82) is 0 Å². The van der Waals surface area contributed by atoms with Gasteiger partial charge in [0.25, 0.3) is 5.91 Å². The van der Waals surface area contributed by atoms with E-state index < -0.39 is 29.5 Å². The number of amides is 3. The van der Waals surface area contributed by atoms with Crippen LogP contribution in [0.5, 0.6) is 0 Å². The first-order valence-corrected chi connectivity index (χ1v) is 9.75. The zero-order valence-corrected chi connectivity index (χ0v) is 16.8. The molecule has 0 unspecified atom stereocenters. The first-order valence-electron chi connectivity index (χ1n) is 9.75. The summed E-state index contributed by atoms with van der Waals surface area (Å²) in [5, 5.41) is 5.14. The topological polar surface area (TPSA) is 78.5 Å².